The van der Waals surface area contributed by atoms with Crippen LogP contribution in [0.25, 0.3) is 0 Å². The van der Waals surface area contributed by atoms with Crippen LogP contribution in [0.4, 0.5) is 0 Å². The van der Waals surface area contributed by atoms with E-state index >= 15 is 0 Å². The predicted molar refractivity (Wildman–Crippen MR) is 61.8 cm³/mol. The lowest BCUT2D eigenvalue weighted by Crippen LogP contribution is -2.33. The summed E-state index contributed by atoms with van der Waals surface area (Å²) in [5.74, 6) is 0.904. The first-order valence-corrected chi connectivity index (χ1v) is 4.87. The number of halogens is 1. The molecule has 15 heavy (non-hydrogen) atoms. The molecule has 0 amide bonds. The topological polar surface area (TPSA) is 30.5 Å². The number of morpholine rings is 1. The van der Waals surface area contributed by atoms with Crippen LogP contribution >= 0.6 is 12.4 Å². The van der Waals surface area contributed by atoms with Gasteiger partial charge in [0.2, 0.25) is 0 Å². The molecule has 84 valence electrons. The van der Waals surface area contributed by atoms with Gasteiger partial charge in [0.25, 0.3) is 0 Å². The number of benzene rings is 1. The summed E-state index contributed by atoms with van der Waals surface area (Å²) in [4.78, 5) is 0. The van der Waals surface area contributed by atoms with Gasteiger partial charge < -0.3 is 14.8 Å². The maximum Gasteiger partial charge on any atom is 0.124 e. The summed E-state index contributed by atoms with van der Waals surface area (Å²) >= 11 is 0. The van der Waals surface area contributed by atoms with E-state index in [0.29, 0.717) is 0 Å². The Morgan fingerprint density at radius 3 is 2.87 bits per heavy atom. The molecule has 1 aliphatic rings. The summed E-state index contributed by atoms with van der Waals surface area (Å²) in [6, 6.07) is 8.00. The molecule has 1 saturated heterocycles. The van der Waals surface area contributed by atoms with Crippen LogP contribution in [0.3, 0.4) is 0 Å². The highest BCUT2D eigenvalue weighted by molar-refractivity contribution is 5.85. The second-order valence-corrected chi connectivity index (χ2v) is 3.31. The molecule has 1 heterocycles. The van der Waals surface area contributed by atoms with Crippen LogP contribution < -0.4 is 10.1 Å². The Bertz CT molecular complexity index is 300. The van der Waals surface area contributed by atoms with Crippen molar-refractivity contribution in [2.24, 2.45) is 0 Å². The molecule has 0 aliphatic carbocycles. The molecule has 1 atom stereocenters. The molecule has 0 saturated carbocycles. The van der Waals surface area contributed by atoms with Crippen LogP contribution in [-0.4, -0.2) is 26.8 Å². The lowest BCUT2D eigenvalue weighted by molar-refractivity contribution is 0.0263. The zero-order valence-electron chi connectivity index (χ0n) is 8.73. The average molecular weight is 230 g/mol. The molecule has 1 fully saturated rings. The van der Waals surface area contributed by atoms with Crippen molar-refractivity contribution in [3.8, 4) is 5.75 Å². The normalized spacial score (nSPS) is 20.5. The van der Waals surface area contributed by atoms with Crippen LogP contribution in [-0.2, 0) is 4.74 Å². The number of para-hydroxylation sites is 1. The van der Waals surface area contributed by atoms with Crippen LogP contribution in [0.5, 0.6) is 5.75 Å². The van der Waals surface area contributed by atoms with E-state index in [0.717, 1.165) is 31.0 Å². The molecule has 4 heteroatoms. The quantitative estimate of drug-likeness (QED) is 0.839. The van der Waals surface area contributed by atoms with Gasteiger partial charge >= 0.3 is 0 Å². The van der Waals surface area contributed by atoms with Gasteiger partial charge in [0.15, 0.2) is 0 Å². The standard InChI is InChI=1S/C11H15NO2.ClH/c1-13-10-5-3-2-4-9(10)11-8-12-6-7-14-11;/h2-5,11-12H,6-8H2,1H3;1H. The SMILES string of the molecule is COc1ccccc1C1CNCCO1.Cl. The van der Waals surface area contributed by atoms with E-state index in [1.54, 1.807) is 7.11 Å². The van der Waals surface area contributed by atoms with Gasteiger partial charge in [-0.1, -0.05) is 18.2 Å². The maximum atomic E-state index is 5.66. The Morgan fingerprint density at radius 1 is 1.40 bits per heavy atom. The molecule has 0 bridgehead atoms. The molecule has 0 spiro atoms. The molecular formula is C11H16ClNO2. The molecule has 1 aromatic rings. The van der Waals surface area contributed by atoms with E-state index in [1.165, 1.54) is 0 Å². The van der Waals surface area contributed by atoms with Gasteiger partial charge in [0.05, 0.1) is 19.8 Å². The van der Waals surface area contributed by atoms with Gasteiger partial charge in [-0.25, -0.2) is 0 Å². The average Bonchev–Trinajstić information content (AvgIpc) is 2.30. The molecular weight excluding hydrogens is 214 g/mol. The van der Waals surface area contributed by atoms with E-state index in [4.69, 9.17) is 9.47 Å². The van der Waals surface area contributed by atoms with Crippen molar-refractivity contribution in [3.05, 3.63) is 29.8 Å². The minimum atomic E-state index is 0. The van der Waals surface area contributed by atoms with Crippen molar-refractivity contribution < 1.29 is 9.47 Å². The highest BCUT2D eigenvalue weighted by Gasteiger charge is 2.18. The smallest absolute Gasteiger partial charge is 0.124 e. The highest BCUT2D eigenvalue weighted by atomic mass is 35.5. The first kappa shape index (κ1) is 12.3. The molecule has 1 aliphatic heterocycles. The van der Waals surface area contributed by atoms with E-state index < -0.39 is 0 Å². The van der Waals surface area contributed by atoms with Gasteiger partial charge in [-0.15, -0.1) is 12.4 Å². The first-order valence-electron chi connectivity index (χ1n) is 4.87. The Morgan fingerprint density at radius 2 is 2.20 bits per heavy atom. The van der Waals surface area contributed by atoms with E-state index in [9.17, 15) is 0 Å². The number of hydrogen-bond donors (Lipinski definition) is 1. The fraction of sp³-hybridized carbons (Fsp3) is 0.455. The lowest BCUT2D eigenvalue weighted by Gasteiger charge is -2.25. The number of rotatable bonds is 2. The Hall–Kier alpha value is -0.770. The lowest BCUT2D eigenvalue weighted by atomic mass is 10.1. The molecule has 1 unspecified atom stereocenters. The number of methoxy groups -OCH3 is 1. The Balaban J connectivity index is 0.00000112. The molecule has 0 radical (unpaired) electrons. The zero-order chi connectivity index (χ0) is 9.80. The van der Waals surface area contributed by atoms with Crippen molar-refractivity contribution >= 4 is 12.4 Å². The minimum Gasteiger partial charge on any atom is -0.496 e. The van der Waals surface area contributed by atoms with Crippen LogP contribution in [0, 0.1) is 0 Å². The Kier molecular flexibility index (Phi) is 4.88. The summed E-state index contributed by atoms with van der Waals surface area (Å²) in [6.45, 7) is 2.56. The minimum absolute atomic E-state index is 0. The van der Waals surface area contributed by atoms with Crippen LogP contribution in [0.1, 0.15) is 11.7 Å². The summed E-state index contributed by atoms with van der Waals surface area (Å²) in [5.41, 5.74) is 1.13. The molecule has 1 aromatic carbocycles. The van der Waals surface area contributed by atoms with Crippen molar-refractivity contribution in [1.82, 2.24) is 5.32 Å². The monoisotopic (exact) mass is 229 g/mol. The highest BCUT2D eigenvalue weighted by Crippen LogP contribution is 2.27. The van der Waals surface area contributed by atoms with Gasteiger partial charge in [0.1, 0.15) is 5.75 Å². The predicted octanol–water partition coefficient (Wildman–Crippen LogP) is 1.78. The van der Waals surface area contributed by atoms with Gasteiger partial charge in [0, 0.05) is 18.7 Å². The second-order valence-electron chi connectivity index (χ2n) is 3.31. The fourth-order valence-corrected chi connectivity index (χ4v) is 1.70. The number of ether oxygens (including phenoxy) is 2. The van der Waals surface area contributed by atoms with Crippen LogP contribution in [0.2, 0.25) is 0 Å². The van der Waals surface area contributed by atoms with Gasteiger partial charge in [-0.05, 0) is 6.07 Å². The summed E-state index contributed by atoms with van der Waals surface area (Å²) in [5, 5.41) is 3.30. The summed E-state index contributed by atoms with van der Waals surface area (Å²) in [7, 11) is 1.69. The molecule has 3 nitrogen and oxygen atoms in total. The molecule has 0 aromatic heterocycles. The van der Waals surface area contributed by atoms with Gasteiger partial charge in [-0.3, -0.25) is 0 Å². The largest absolute Gasteiger partial charge is 0.496 e. The summed E-state index contributed by atoms with van der Waals surface area (Å²) < 4.78 is 11.0. The Labute approximate surface area is 96.2 Å². The van der Waals surface area contributed by atoms with E-state index in [1.807, 2.05) is 18.2 Å². The summed E-state index contributed by atoms with van der Waals surface area (Å²) in [6.07, 6.45) is 0.125. The third-order valence-corrected chi connectivity index (χ3v) is 2.41. The number of hydrogen-bond acceptors (Lipinski definition) is 3. The van der Waals surface area contributed by atoms with Crippen molar-refractivity contribution in [3.63, 3.8) is 0 Å². The molecule has 2 rings (SSSR count). The van der Waals surface area contributed by atoms with Crippen molar-refractivity contribution in [2.45, 2.75) is 6.10 Å². The zero-order valence-corrected chi connectivity index (χ0v) is 9.55. The van der Waals surface area contributed by atoms with E-state index in [2.05, 4.69) is 11.4 Å². The second kappa shape index (κ2) is 5.95. The third-order valence-electron chi connectivity index (χ3n) is 2.41. The third kappa shape index (κ3) is 2.84. The van der Waals surface area contributed by atoms with Crippen LogP contribution in [0.15, 0.2) is 24.3 Å². The van der Waals surface area contributed by atoms with E-state index in [-0.39, 0.29) is 18.5 Å². The number of nitrogens with one attached hydrogen (secondary N) is 1. The molecule has 1 N–H and O–H groups in total. The maximum absolute atomic E-state index is 5.66. The van der Waals surface area contributed by atoms with Gasteiger partial charge in [-0.2, -0.15) is 0 Å². The fourth-order valence-electron chi connectivity index (χ4n) is 1.70. The first-order chi connectivity index (χ1) is 6.92. The van der Waals surface area contributed by atoms with Crippen molar-refractivity contribution in [2.75, 3.05) is 26.8 Å². The van der Waals surface area contributed by atoms with Crippen molar-refractivity contribution in [1.29, 1.82) is 0 Å².